The number of benzene rings is 3. The molecule has 0 aliphatic carbocycles. The Hall–Kier alpha value is -3.73. The Labute approximate surface area is 168 Å². The highest BCUT2D eigenvalue weighted by molar-refractivity contribution is 6.36. The van der Waals surface area contributed by atoms with E-state index < -0.39 is 11.7 Å². The molecule has 0 saturated carbocycles. The average molecular weight is 386 g/mol. The van der Waals surface area contributed by atoms with Crippen LogP contribution in [0.1, 0.15) is 16.7 Å². The number of aryl methyl sites for hydroxylation is 1. The predicted octanol–water partition coefficient (Wildman–Crippen LogP) is 4.53. The van der Waals surface area contributed by atoms with Gasteiger partial charge in [-0.2, -0.15) is 0 Å². The molecule has 1 heterocycles. The molecule has 29 heavy (non-hydrogen) atoms. The van der Waals surface area contributed by atoms with Crippen LogP contribution in [-0.2, 0) is 16.1 Å². The van der Waals surface area contributed by atoms with Crippen molar-refractivity contribution < 1.29 is 14.0 Å². The fourth-order valence-electron chi connectivity index (χ4n) is 3.30. The number of carbonyl (C=O) groups excluding carboxylic acids is 2. The lowest BCUT2D eigenvalue weighted by Gasteiger charge is -2.15. The number of anilines is 1. The van der Waals surface area contributed by atoms with E-state index in [1.54, 1.807) is 12.1 Å². The van der Waals surface area contributed by atoms with Crippen LogP contribution in [0.25, 0.3) is 5.57 Å². The van der Waals surface area contributed by atoms with Gasteiger partial charge in [0, 0.05) is 5.69 Å². The molecule has 0 unspecified atom stereocenters. The van der Waals surface area contributed by atoms with Crippen molar-refractivity contribution in [3.8, 4) is 0 Å². The molecule has 3 aromatic rings. The van der Waals surface area contributed by atoms with Gasteiger partial charge in [-0.15, -0.1) is 0 Å². The summed E-state index contributed by atoms with van der Waals surface area (Å²) in [6.45, 7) is 2.12. The SMILES string of the molecule is Cc1ccc(C2=C(Nc3cccc(F)c3)C(=O)N(Cc3ccccc3)C2=O)cc1. The van der Waals surface area contributed by atoms with Crippen molar-refractivity contribution in [2.75, 3.05) is 5.32 Å². The third-order valence-electron chi connectivity index (χ3n) is 4.79. The summed E-state index contributed by atoms with van der Waals surface area (Å²) >= 11 is 0. The Morgan fingerprint density at radius 3 is 2.28 bits per heavy atom. The summed E-state index contributed by atoms with van der Waals surface area (Å²) in [6, 6.07) is 22.6. The highest BCUT2D eigenvalue weighted by atomic mass is 19.1. The first-order valence-electron chi connectivity index (χ1n) is 9.27. The van der Waals surface area contributed by atoms with Crippen LogP contribution in [-0.4, -0.2) is 16.7 Å². The molecule has 0 saturated heterocycles. The summed E-state index contributed by atoms with van der Waals surface area (Å²) in [5, 5.41) is 2.97. The van der Waals surface area contributed by atoms with E-state index in [1.165, 1.54) is 17.0 Å². The van der Waals surface area contributed by atoms with Crippen LogP contribution in [0, 0.1) is 12.7 Å². The number of nitrogens with zero attached hydrogens (tertiary/aromatic N) is 1. The van der Waals surface area contributed by atoms with Crippen molar-refractivity contribution >= 4 is 23.1 Å². The van der Waals surface area contributed by atoms with E-state index in [9.17, 15) is 14.0 Å². The topological polar surface area (TPSA) is 49.4 Å². The van der Waals surface area contributed by atoms with Crippen LogP contribution in [0.15, 0.2) is 84.6 Å². The maximum absolute atomic E-state index is 13.6. The zero-order valence-electron chi connectivity index (χ0n) is 15.9. The molecule has 1 aliphatic rings. The van der Waals surface area contributed by atoms with Crippen molar-refractivity contribution in [1.82, 2.24) is 4.90 Å². The predicted molar refractivity (Wildman–Crippen MR) is 110 cm³/mol. The second kappa shape index (κ2) is 7.72. The number of amides is 2. The van der Waals surface area contributed by atoms with Gasteiger partial charge >= 0.3 is 0 Å². The Kier molecular flexibility index (Phi) is 4.96. The molecule has 0 aromatic heterocycles. The summed E-state index contributed by atoms with van der Waals surface area (Å²) in [7, 11) is 0. The molecule has 0 radical (unpaired) electrons. The smallest absolute Gasteiger partial charge is 0.278 e. The van der Waals surface area contributed by atoms with Gasteiger partial charge in [0.15, 0.2) is 0 Å². The quantitative estimate of drug-likeness (QED) is 0.656. The number of imide groups is 1. The lowest BCUT2D eigenvalue weighted by atomic mass is 10.0. The molecule has 5 heteroatoms. The van der Waals surface area contributed by atoms with Gasteiger partial charge in [-0.05, 0) is 36.2 Å². The normalized spacial score (nSPS) is 13.9. The Balaban J connectivity index is 1.75. The third kappa shape index (κ3) is 3.80. The maximum atomic E-state index is 13.6. The summed E-state index contributed by atoms with van der Waals surface area (Å²) in [4.78, 5) is 27.6. The number of rotatable bonds is 5. The van der Waals surface area contributed by atoms with Gasteiger partial charge in [-0.25, -0.2) is 4.39 Å². The lowest BCUT2D eigenvalue weighted by molar-refractivity contribution is -0.137. The number of halogens is 1. The summed E-state index contributed by atoms with van der Waals surface area (Å²) in [5.41, 5.74) is 3.39. The van der Waals surface area contributed by atoms with Gasteiger partial charge < -0.3 is 5.32 Å². The fraction of sp³-hybridized carbons (Fsp3) is 0.0833. The van der Waals surface area contributed by atoms with Crippen LogP contribution >= 0.6 is 0 Å². The van der Waals surface area contributed by atoms with Gasteiger partial charge in [0.1, 0.15) is 11.5 Å². The van der Waals surface area contributed by atoms with E-state index in [0.717, 1.165) is 11.1 Å². The van der Waals surface area contributed by atoms with Gasteiger partial charge in [0.05, 0.1) is 12.1 Å². The van der Waals surface area contributed by atoms with Gasteiger partial charge in [0.25, 0.3) is 11.8 Å². The highest BCUT2D eigenvalue weighted by Crippen LogP contribution is 2.31. The van der Waals surface area contributed by atoms with Crippen molar-refractivity contribution in [2.24, 2.45) is 0 Å². The lowest BCUT2D eigenvalue weighted by Crippen LogP contribution is -2.31. The molecular weight excluding hydrogens is 367 g/mol. The van der Waals surface area contributed by atoms with Crippen molar-refractivity contribution in [2.45, 2.75) is 13.5 Å². The molecule has 0 atom stereocenters. The molecule has 4 rings (SSSR count). The monoisotopic (exact) mass is 386 g/mol. The minimum absolute atomic E-state index is 0.153. The largest absolute Gasteiger partial charge is 0.350 e. The second-order valence-corrected chi connectivity index (χ2v) is 6.93. The van der Waals surface area contributed by atoms with E-state index in [-0.39, 0.29) is 23.7 Å². The molecule has 0 spiro atoms. The summed E-state index contributed by atoms with van der Waals surface area (Å²) in [5.74, 6) is -1.23. The Bertz CT molecular complexity index is 1110. The van der Waals surface area contributed by atoms with Gasteiger partial charge in [-0.3, -0.25) is 14.5 Å². The number of nitrogens with one attached hydrogen (secondary N) is 1. The van der Waals surface area contributed by atoms with Crippen LogP contribution < -0.4 is 5.32 Å². The van der Waals surface area contributed by atoms with E-state index in [2.05, 4.69) is 5.32 Å². The molecule has 1 aliphatic heterocycles. The van der Waals surface area contributed by atoms with Crippen LogP contribution in [0.4, 0.5) is 10.1 Å². The first-order chi connectivity index (χ1) is 14.0. The number of hydrogen-bond donors (Lipinski definition) is 1. The zero-order valence-corrected chi connectivity index (χ0v) is 15.9. The molecule has 1 N–H and O–H groups in total. The van der Waals surface area contributed by atoms with Crippen LogP contribution in [0.2, 0.25) is 0 Å². The summed E-state index contributed by atoms with van der Waals surface area (Å²) in [6.07, 6.45) is 0. The third-order valence-corrected chi connectivity index (χ3v) is 4.79. The molecule has 2 amide bonds. The fourth-order valence-corrected chi connectivity index (χ4v) is 3.30. The molecule has 0 bridgehead atoms. The molecule has 0 fully saturated rings. The van der Waals surface area contributed by atoms with Gasteiger partial charge in [-0.1, -0.05) is 66.2 Å². The maximum Gasteiger partial charge on any atom is 0.278 e. The first-order valence-corrected chi connectivity index (χ1v) is 9.27. The van der Waals surface area contributed by atoms with E-state index in [1.807, 2.05) is 61.5 Å². The average Bonchev–Trinajstić information content (AvgIpc) is 2.94. The standard InChI is InChI=1S/C24H19FN2O2/c1-16-10-12-18(13-11-16)21-22(26-20-9-5-8-19(25)14-20)24(29)27(23(21)28)15-17-6-3-2-4-7-17/h2-14,26H,15H2,1H3. The van der Waals surface area contributed by atoms with Crippen molar-refractivity contribution in [3.05, 3.63) is 107 Å². The van der Waals surface area contributed by atoms with Gasteiger partial charge in [0.2, 0.25) is 0 Å². The minimum atomic E-state index is -0.432. The van der Waals surface area contributed by atoms with Crippen LogP contribution in [0.5, 0.6) is 0 Å². The highest BCUT2D eigenvalue weighted by Gasteiger charge is 2.39. The van der Waals surface area contributed by atoms with Crippen LogP contribution in [0.3, 0.4) is 0 Å². The van der Waals surface area contributed by atoms with E-state index >= 15 is 0 Å². The van der Waals surface area contributed by atoms with E-state index in [0.29, 0.717) is 11.3 Å². The van der Waals surface area contributed by atoms with Crippen molar-refractivity contribution in [3.63, 3.8) is 0 Å². The molecule has 144 valence electrons. The van der Waals surface area contributed by atoms with E-state index in [4.69, 9.17) is 0 Å². The minimum Gasteiger partial charge on any atom is -0.350 e. The Morgan fingerprint density at radius 2 is 1.59 bits per heavy atom. The number of carbonyl (C=O) groups is 2. The zero-order chi connectivity index (χ0) is 20.4. The van der Waals surface area contributed by atoms with Crippen molar-refractivity contribution in [1.29, 1.82) is 0 Å². The first kappa shape index (κ1) is 18.6. The Morgan fingerprint density at radius 1 is 0.862 bits per heavy atom. The molecular formula is C24H19FN2O2. The number of hydrogen-bond acceptors (Lipinski definition) is 3. The summed E-state index contributed by atoms with van der Waals surface area (Å²) < 4.78 is 13.6. The molecule has 3 aromatic carbocycles. The molecule has 4 nitrogen and oxygen atoms in total. The second-order valence-electron chi connectivity index (χ2n) is 6.93.